The fourth-order valence-corrected chi connectivity index (χ4v) is 2.47. The first-order chi connectivity index (χ1) is 15.4. The third kappa shape index (κ3) is 8.95. The van der Waals surface area contributed by atoms with E-state index in [9.17, 15) is 23.6 Å². The quantitative estimate of drug-likeness (QED) is 0.404. The normalized spacial score (nSPS) is 10.2. The summed E-state index contributed by atoms with van der Waals surface area (Å²) in [5.74, 6) is -2.57. The maximum absolute atomic E-state index is 12.8. The molecule has 0 aromatic heterocycles. The first kappa shape index (κ1) is 24.5. The van der Waals surface area contributed by atoms with Gasteiger partial charge in [-0.25, -0.2) is 9.18 Å². The molecule has 0 fully saturated rings. The Hall–Kier alpha value is -3.75. The van der Waals surface area contributed by atoms with Gasteiger partial charge in [0.1, 0.15) is 5.82 Å². The SMILES string of the molecule is CCCCOC(=O)c1ccc(NC(=O)CCC(=O)OCC(=O)Nc2ccc(F)cc2)cc1. The molecule has 0 spiro atoms. The number of carbonyl (C=O) groups is 4. The van der Waals surface area contributed by atoms with Crippen LogP contribution in [0.5, 0.6) is 0 Å². The molecule has 2 amide bonds. The molecule has 0 atom stereocenters. The Morgan fingerprint density at radius 3 is 2.03 bits per heavy atom. The summed E-state index contributed by atoms with van der Waals surface area (Å²) in [6, 6.07) is 11.3. The molecule has 9 heteroatoms. The summed E-state index contributed by atoms with van der Waals surface area (Å²) in [6.07, 6.45) is 1.37. The maximum Gasteiger partial charge on any atom is 0.338 e. The minimum absolute atomic E-state index is 0.140. The highest BCUT2D eigenvalue weighted by atomic mass is 19.1. The summed E-state index contributed by atoms with van der Waals surface area (Å²) >= 11 is 0. The predicted molar refractivity (Wildman–Crippen MR) is 115 cm³/mol. The molecule has 0 aliphatic rings. The molecule has 32 heavy (non-hydrogen) atoms. The number of hydrogen-bond donors (Lipinski definition) is 2. The monoisotopic (exact) mass is 444 g/mol. The number of unbranched alkanes of at least 4 members (excludes halogenated alkanes) is 1. The molecular formula is C23H25FN2O6. The van der Waals surface area contributed by atoms with Gasteiger partial charge in [0.25, 0.3) is 5.91 Å². The molecule has 2 aromatic carbocycles. The van der Waals surface area contributed by atoms with Crippen LogP contribution in [0.1, 0.15) is 43.0 Å². The average molecular weight is 444 g/mol. The third-order valence-electron chi connectivity index (χ3n) is 4.18. The van der Waals surface area contributed by atoms with Crippen LogP contribution in [0, 0.1) is 5.82 Å². The maximum atomic E-state index is 12.8. The van der Waals surface area contributed by atoms with E-state index in [-0.39, 0.29) is 12.8 Å². The van der Waals surface area contributed by atoms with E-state index in [0.29, 0.717) is 23.5 Å². The number of benzene rings is 2. The van der Waals surface area contributed by atoms with Crippen LogP contribution in [-0.2, 0) is 23.9 Å². The zero-order valence-electron chi connectivity index (χ0n) is 17.7. The summed E-state index contributed by atoms with van der Waals surface area (Å²) in [5, 5.41) is 5.06. The molecule has 0 saturated carbocycles. The molecule has 0 bridgehead atoms. The highest BCUT2D eigenvalue weighted by Crippen LogP contribution is 2.12. The van der Waals surface area contributed by atoms with Crippen molar-refractivity contribution in [3.8, 4) is 0 Å². The molecule has 2 rings (SSSR count). The van der Waals surface area contributed by atoms with Gasteiger partial charge in [-0.1, -0.05) is 13.3 Å². The summed E-state index contributed by atoms with van der Waals surface area (Å²) < 4.78 is 22.8. The van der Waals surface area contributed by atoms with Gasteiger partial charge in [-0.15, -0.1) is 0 Å². The highest BCUT2D eigenvalue weighted by molar-refractivity contribution is 5.95. The lowest BCUT2D eigenvalue weighted by atomic mass is 10.2. The van der Waals surface area contributed by atoms with Crippen LogP contribution < -0.4 is 10.6 Å². The number of amides is 2. The lowest BCUT2D eigenvalue weighted by Gasteiger charge is -2.08. The Morgan fingerprint density at radius 2 is 1.41 bits per heavy atom. The molecule has 0 aliphatic carbocycles. The number of nitrogens with one attached hydrogen (secondary N) is 2. The molecule has 0 saturated heterocycles. The molecule has 0 heterocycles. The molecule has 2 aromatic rings. The molecular weight excluding hydrogens is 419 g/mol. The van der Waals surface area contributed by atoms with Crippen molar-refractivity contribution in [2.24, 2.45) is 0 Å². The van der Waals surface area contributed by atoms with Gasteiger partial charge in [0.05, 0.1) is 18.6 Å². The minimum atomic E-state index is -0.709. The van der Waals surface area contributed by atoms with Crippen molar-refractivity contribution >= 4 is 35.1 Å². The molecule has 8 nitrogen and oxygen atoms in total. The van der Waals surface area contributed by atoms with E-state index < -0.39 is 36.2 Å². The summed E-state index contributed by atoms with van der Waals surface area (Å²) in [6.45, 7) is 1.84. The number of anilines is 2. The third-order valence-corrected chi connectivity index (χ3v) is 4.18. The van der Waals surface area contributed by atoms with Gasteiger partial charge in [0, 0.05) is 17.8 Å². The van der Waals surface area contributed by atoms with Crippen molar-refractivity contribution < 1.29 is 33.0 Å². The van der Waals surface area contributed by atoms with E-state index in [1.54, 1.807) is 12.1 Å². The number of ether oxygens (including phenoxy) is 2. The van der Waals surface area contributed by atoms with Gasteiger partial charge < -0.3 is 20.1 Å². The van der Waals surface area contributed by atoms with Crippen LogP contribution in [0.2, 0.25) is 0 Å². The van der Waals surface area contributed by atoms with Gasteiger partial charge in [0.15, 0.2) is 6.61 Å². The fraction of sp³-hybridized carbons (Fsp3) is 0.304. The average Bonchev–Trinajstić information content (AvgIpc) is 2.78. The fourth-order valence-electron chi connectivity index (χ4n) is 2.47. The van der Waals surface area contributed by atoms with Crippen LogP contribution in [-0.4, -0.2) is 37.0 Å². The number of carbonyl (C=O) groups excluding carboxylic acids is 4. The second kappa shape index (κ2) is 12.8. The van der Waals surface area contributed by atoms with Gasteiger partial charge >= 0.3 is 11.9 Å². The van der Waals surface area contributed by atoms with Gasteiger partial charge in [-0.05, 0) is 55.0 Å². The Morgan fingerprint density at radius 1 is 0.812 bits per heavy atom. The van der Waals surface area contributed by atoms with Gasteiger partial charge in [-0.2, -0.15) is 0 Å². The second-order valence-corrected chi connectivity index (χ2v) is 6.83. The van der Waals surface area contributed by atoms with E-state index in [1.807, 2.05) is 6.92 Å². The lowest BCUT2D eigenvalue weighted by Crippen LogP contribution is -2.21. The second-order valence-electron chi connectivity index (χ2n) is 6.83. The Balaban J connectivity index is 1.67. The van der Waals surface area contributed by atoms with Crippen LogP contribution >= 0.6 is 0 Å². The highest BCUT2D eigenvalue weighted by Gasteiger charge is 2.12. The van der Waals surface area contributed by atoms with Crippen LogP contribution in [0.4, 0.5) is 15.8 Å². The Labute approximate surface area is 185 Å². The predicted octanol–water partition coefficient (Wildman–Crippen LogP) is 3.68. The topological polar surface area (TPSA) is 111 Å². The van der Waals surface area contributed by atoms with Crippen molar-refractivity contribution in [3.63, 3.8) is 0 Å². The van der Waals surface area contributed by atoms with Gasteiger partial charge in [-0.3, -0.25) is 14.4 Å². The number of hydrogen-bond acceptors (Lipinski definition) is 6. The van der Waals surface area contributed by atoms with Crippen molar-refractivity contribution in [3.05, 3.63) is 59.9 Å². The number of esters is 2. The Bertz CT molecular complexity index is 929. The summed E-state index contributed by atoms with van der Waals surface area (Å²) in [5.41, 5.74) is 1.21. The first-order valence-corrected chi connectivity index (χ1v) is 10.2. The zero-order chi connectivity index (χ0) is 23.3. The first-order valence-electron chi connectivity index (χ1n) is 10.2. The number of rotatable bonds is 11. The van der Waals surface area contributed by atoms with Crippen LogP contribution in [0.3, 0.4) is 0 Å². The van der Waals surface area contributed by atoms with Crippen molar-refractivity contribution in [1.29, 1.82) is 0 Å². The molecule has 170 valence electrons. The van der Waals surface area contributed by atoms with E-state index >= 15 is 0 Å². The van der Waals surface area contributed by atoms with Crippen molar-refractivity contribution in [1.82, 2.24) is 0 Å². The summed E-state index contributed by atoms with van der Waals surface area (Å²) in [7, 11) is 0. The lowest BCUT2D eigenvalue weighted by molar-refractivity contribution is -0.147. The molecule has 0 radical (unpaired) electrons. The Kier molecular flexibility index (Phi) is 9.83. The largest absolute Gasteiger partial charge is 0.462 e. The zero-order valence-corrected chi connectivity index (χ0v) is 17.7. The van der Waals surface area contributed by atoms with E-state index in [1.165, 1.54) is 36.4 Å². The van der Waals surface area contributed by atoms with Crippen molar-refractivity contribution in [2.75, 3.05) is 23.8 Å². The van der Waals surface area contributed by atoms with Crippen LogP contribution in [0.15, 0.2) is 48.5 Å². The summed E-state index contributed by atoms with van der Waals surface area (Å²) in [4.78, 5) is 47.3. The van der Waals surface area contributed by atoms with E-state index in [4.69, 9.17) is 9.47 Å². The molecule has 2 N–H and O–H groups in total. The molecule has 0 unspecified atom stereocenters. The molecule has 0 aliphatic heterocycles. The van der Waals surface area contributed by atoms with Crippen molar-refractivity contribution in [2.45, 2.75) is 32.6 Å². The van der Waals surface area contributed by atoms with E-state index in [0.717, 1.165) is 12.8 Å². The van der Waals surface area contributed by atoms with Gasteiger partial charge in [0.2, 0.25) is 5.91 Å². The van der Waals surface area contributed by atoms with Crippen LogP contribution in [0.25, 0.3) is 0 Å². The number of halogens is 1. The smallest absolute Gasteiger partial charge is 0.338 e. The standard InChI is InChI=1S/C23H25FN2O6/c1-2-3-14-31-23(30)16-4-8-18(9-5-16)25-20(27)12-13-22(29)32-15-21(28)26-19-10-6-17(24)7-11-19/h4-11H,2-3,12-15H2,1H3,(H,25,27)(H,26,28). The van der Waals surface area contributed by atoms with E-state index in [2.05, 4.69) is 10.6 Å². The minimum Gasteiger partial charge on any atom is -0.462 e.